The number of benzene rings is 2. The third kappa shape index (κ3) is 4.70. The molecule has 7 nitrogen and oxygen atoms in total. The van der Waals surface area contributed by atoms with Gasteiger partial charge >= 0.3 is 0 Å². The van der Waals surface area contributed by atoms with Gasteiger partial charge in [-0.1, -0.05) is 36.4 Å². The van der Waals surface area contributed by atoms with Gasteiger partial charge in [0.15, 0.2) is 5.76 Å². The largest absolute Gasteiger partial charge is 0.439 e. The van der Waals surface area contributed by atoms with Gasteiger partial charge in [-0.15, -0.1) is 0 Å². The maximum Gasteiger partial charge on any atom is 0.251 e. The second-order valence-corrected chi connectivity index (χ2v) is 7.37. The molecule has 0 aliphatic carbocycles. The van der Waals surface area contributed by atoms with Crippen LogP contribution in [0.2, 0.25) is 0 Å². The summed E-state index contributed by atoms with van der Waals surface area (Å²) < 4.78 is 30.5. The third-order valence-corrected chi connectivity index (χ3v) is 4.05. The van der Waals surface area contributed by atoms with Crippen LogP contribution >= 0.6 is 0 Å². The highest BCUT2D eigenvalue weighted by Crippen LogP contribution is 2.19. The van der Waals surface area contributed by atoms with Gasteiger partial charge in [-0.2, -0.15) is 0 Å². The number of rotatable bonds is 6. The highest BCUT2D eigenvalue weighted by molar-refractivity contribution is 7.92. The molecule has 0 aliphatic heterocycles. The lowest BCUT2D eigenvalue weighted by Gasteiger charge is -2.07. The van der Waals surface area contributed by atoms with Gasteiger partial charge in [-0.3, -0.25) is 9.52 Å². The number of sulfonamides is 1. The number of nitrogens with one attached hydrogen (secondary N) is 2. The van der Waals surface area contributed by atoms with Crippen molar-refractivity contribution in [3.63, 3.8) is 0 Å². The topological polar surface area (TPSA) is 101 Å². The van der Waals surface area contributed by atoms with Crippen molar-refractivity contribution in [3.8, 4) is 11.3 Å². The first-order valence-corrected chi connectivity index (χ1v) is 9.66. The summed E-state index contributed by atoms with van der Waals surface area (Å²) in [5.74, 6) is 0.637. The Balaban J connectivity index is 1.64. The van der Waals surface area contributed by atoms with Gasteiger partial charge < -0.3 is 9.73 Å². The highest BCUT2D eigenvalue weighted by Gasteiger charge is 2.11. The van der Waals surface area contributed by atoms with E-state index in [0.717, 1.165) is 11.8 Å². The van der Waals surface area contributed by atoms with Crippen LogP contribution in [0.3, 0.4) is 0 Å². The van der Waals surface area contributed by atoms with E-state index < -0.39 is 10.0 Å². The summed E-state index contributed by atoms with van der Waals surface area (Å²) in [5, 5.41) is 2.70. The molecule has 3 rings (SSSR count). The van der Waals surface area contributed by atoms with Crippen LogP contribution in [0.4, 0.5) is 5.69 Å². The zero-order valence-electron chi connectivity index (χ0n) is 14.0. The minimum Gasteiger partial charge on any atom is -0.439 e. The smallest absolute Gasteiger partial charge is 0.251 e. The molecule has 0 radical (unpaired) electrons. The third-order valence-electron chi connectivity index (χ3n) is 3.44. The van der Waals surface area contributed by atoms with Crippen LogP contribution in [-0.4, -0.2) is 25.6 Å². The van der Waals surface area contributed by atoms with Gasteiger partial charge in [0.2, 0.25) is 15.9 Å². The Kier molecular flexibility index (Phi) is 5.04. The average Bonchev–Trinajstić information content (AvgIpc) is 3.08. The highest BCUT2D eigenvalue weighted by atomic mass is 32.2. The van der Waals surface area contributed by atoms with E-state index in [2.05, 4.69) is 15.0 Å². The van der Waals surface area contributed by atoms with Crippen molar-refractivity contribution in [2.45, 2.75) is 6.54 Å². The molecule has 0 aliphatic rings. The summed E-state index contributed by atoms with van der Waals surface area (Å²) >= 11 is 0. The van der Waals surface area contributed by atoms with Crippen molar-refractivity contribution in [1.82, 2.24) is 10.3 Å². The molecule has 1 amide bonds. The van der Waals surface area contributed by atoms with Crippen molar-refractivity contribution in [1.29, 1.82) is 0 Å². The molecule has 134 valence electrons. The molecular formula is C18H17N3O4S. The normalized spacial score (nSPS) is 11.1. The van der Waals surface area contributed by atoms with Crippen LogP contribution in [0.5, 0.6) is 0 Å². The van der Waals surface area contributed by atoms with E-state index in [4.69, 9.17) is 4.42 Å². The van der Waals surface area contributed by atoms with E-state index in [1.807, 2.05) is 30.3 Å². The zero-order chi connectivity index (χ0) is 18.6. The Morgan fingerprint density at radius 1 is 1.12 bits per heavy atom. The Hall–Kier alpha value is -3.13. The van der Waals surface area contributed by atoms with Crippen LogP contribution in [0.1, 0.15) is 16.2 Å². The molecule has 2 N–H and O–H groups in total. The van der Waals surface area contributed by atoms with E-state index in [9.17, 15) is 13.2 Å². The van der Waals surface area contributed by atoms with Gasteiger partial charge in [0.1, 0.15) is 0 Å². The summed E-state index contributed by atoms with van der Waals surface area (Å²) in [6.45, 7) is 0.120. The first-order chi connectivity index (χ1) is 12.4. The van der Waals surface area contributed by atoms with E-state index >= 15 is 0 Å². The first-order valence-electron chi connectivity index (χ1n) is 7.77. The average molecular weight is 371 g/mol. The number of amides is 1. The van der Waals surface area contributed by atoms with Gasteiger partial charge in [0.05, 0.1) is 19.0 Å². The Morgan fingerprint density at radius 2 is 1.88 bits per heavy atom. The minimum absolute atomic E-state index is 0.120. The predicted molar refractivity (Wildman–Crippen MR) is 98.0 cm³/mol. The Morgan fingerprint density at radius 3 is 2.62 bits per heavy atom. The number of hydrogen-bond acceptors (Lipinski definition) is 5. The molecule has 3 aromatic rings. The van der Waals surface area contributed by atoms with Gasteiger partial charge in [0.25, 0.3) is 5.91 Å². The lowest BCUT2D eigenvalue weighted by atomic mass is 10.2. The molecule has 0 bridgehead atoms. The van der Waals surface area contributed by atoms with E-state index in [1.165, 1.54) is 6.07 Å². The number of nitrogens with zero attached hydrogens (tertiary/aromatic N) is 1. The van der Waals surface area contributed by atoms with Crippen molar-refractivity contribution in [2.75, 3.05) is 11.0 Å². The molecule has 26 heavy (non-hydrogen) atoms. The number of aromatic nitrogens is 1. The summed E-state index contributed by atoms with van der Waals surface area (Å²) in [6.07, 6.45) is 2.65. The van der Waals surface area contributed by atoms with Gasteiger partial charge in [-0.25, -0.2) is 13.4 Å². The molecular weight excluding hydrogens is 354 g/mol. The molecule has 0 saturated heterocycles. The van der Waals surface area contributed by atoms with Crippen molar-refractivity contribution in [2.24, 2.45) is 0 Å². The van der Waals surface area contributed by atoms with Crippen molar-refractivity contribution in [3.05, 3.63) is 72.2 Å². The lowest BCUT2D eigenvalue weighted by molar-refractivity contribution is 0.0947. The molecule has 0 atom stereocenters. The SMILES string of the molecule is CS(=O)(=O)Nc1cccc(C(=O)NCc2ncc(-c3ccccc3)o2)c1. The molecule has 1 heterocycles. The van der Waals surface area contributed by atoms with Crippen LogP contribution < -0.4 is 10.0 Å². The second kappa shape index (κ2) is 7.40. The fourth-order valence-corrected chi connectivity index (χ4v) is 2.88. The fourth-order valence-electron chi connectivity index (χ4n) is 2.32. The first kappa shape index (κ1) is 17.7. The summed E-state index contributed by atoms with van der Waals surface area (Å²) in [5.41, 5.74) is 1.55. The molecule has 1 aromatic heterocycles. The molecule has 8 heteroatoms. The molecule has 0 unspecified atom stereocenters. The van der Waals surface area contributed by atoms with Gasteiger partial charge in [-0.05, 0) is 18.2 Å². The maximum absolute atomic E-state index is 12.3. The van der Waals surface area contributed by atoms with Crippen LogP contribution in [-0.2, 0) is 16.6 Å². The van der Waals surface area contributed by atoms with E-state index in [0.29, 0.717) is 22.9 Å². The van der Waals surface area contributed by atoms with Crippen LogP contribution in [0.15, 0.2) is 65.2 Å². The number of anilines is 1. The Bertz CT molecular complexity index is 1010. The molecule has 2 aromatic carbocycles. The lowest BCUT2D eigenvalue weighted by Crippen LogP contribution is -2.23. The van der Waals surface area contributed by atoms with Crippen LogP contribution in [0, 0.1) is 0 Å². The van der Waals surface area contributed by atoms with Crippen molar-refractivity contribution < 1.29 is 17.6 Å². The second-order valence-electron chi connectivity index (χ2n) is 5.62. The monoisotopic (exact) mass is 371 g/mol. The number of oxazole rings is 1. The summed E-state index contributed by atoms with van der Waals surface area (Å²) in [6, 6.07) is 15.7. The fraction of sp³-hybridized carbons (Fsp3) is 0.111. The standard InChI is InChI=1S/C18H17N3O4S/c1-26(23,24)21-15-9-5-8-14(10-15)18(22)20-12-17-19-11-16(25-17)13-6-3-2-4-7-13/h2-11,21H,12H2,1H3,(H,20,22). The molecule has 0 fully saturated rings. The Labute approximate surface area is 151 Å². The summed E-state index contributed by atoms with van der Waals surface area (Å²) in [7, 11) is -3.41. The van der Waals surface area contributed by atoms with Crippen molar-refractivity contribution >= 4 is 21.6 Å². The number of carbonyl (C=O) groups is 1. The predicted octanol–water partition coefficient (Wildman–Crippen LogP) is 2.64. The summed E-state index contributed by atoms with van der Waals surface area (Å²) in [4.78, 5) is 16.4. The zero-order valence-corrected chi connectivity index (χ0v) is 14.8. The van der Waals surface area contributed by atoms with E-state index in [-0.39, 0.29) is 12.5 Å². The molecule has 0 spiro atoms. The number of hydrogen-bond donors (Lipinski definition) is 2. The maximum atomic E-state index is 12.3. The van der Waals surface area contributed by atoms with Gasteiger partial charge in [0, 0.05) is 16.8 Å². The van der Waals surface area contributed by atoms with E-state index in [1.54, 1.807) is 24.4 Å². The minimum atomic E-state index is -3.41. The van der Waals surface area contributed by atoms with Crippen LogP contribution in [0.25, 0.3) is 11.3 Å². The quantitative estimate of drug-likeness (QED) is 0.694. The number of carbonyl (C=O) groups excluding carboxylic acids is 1. The molecule has 0 saturated carbocycles.